The third-order valence-electron chi connectivity index (χ3n) is 4.23. The van der Waals surface area contributed by atoms with Crippen molar-refractivity contribution in [2.45, 2.75) is 59.4 Å². The van der Waals surface area contributed by atoms with Crippen molar-refractivity contribution in [1.29, 1.82) is 0 Å². The van der Waals surface area contributed by atoms with Crippen LogP contribution < -0.4 is 5.32 Å². The molecule has 3 unspecified atom stereocenters. The van der Waals surface area contributed by atoms with Gasteiger partial charge in [-0.15, -0.1) is 0 Å². The number of aliphatic carboxylic acids is 1. The highest BCUT2D eigenvalue weighted by molar-refractivity contribution is 5.84. The Bertz CT molecular complexity index is 325. The highest BCUT2D eigenvalue weighted by Gasteiger charge is 2.33. The molecule has 0 radical (unpaired) electrons. The lowest BCUT2D eigenvalue weighted by atomic mass is 9.78. The Morgan fingerprint density at radius 2 is 1.89 bits per heavy atom. The fraction of sp³-hybridized carbons (Fsp3) is 0.857. The Kier molecular flexibility index (Phi) is 4.77. The molecule has 0 aromatic rings. The highest BCUT2D eigenvalue weighted by atomic mass is 16.4. The van der Waals surface area contributed by atoms with Gasteiger partial charge in [0.25, 0.3) is 0 Å². The van der Waals surface area contributed by atoms with Crippen molar-refractivity contribution in [1.82, 2.24) is 5.32 Å². The fourth-order valence-corrected chi connectivity index (χ4v) is 2.52. The van der Waals surface area contributed by atoms with E-state index in [0.717, 1.165) is 12.8 Å². The van der Waals surface area contributed by atoms with Crippen molar-refractivity contribution < 1.29 is 14.7 Å². The minimum absolute atomic E-state index is 0.0416. The first-order valence-electron chi connectivity index (χ1n) is 6.77. The van der Waals surface area contributed by atoms with Gasteiger partial charge in [-0.2, -0.15) is 0 Å². The predicted molar refractivity (Wildman–Crippen MR) is 70.1 cm³/mol. The SMILES string of the molecule is CC1CCCC(NC(=O)CC(C)(C)C(=O)O)C1C. The molecule has 0 aliphatic heterocycles. The first-order chi connectivity index (χ1) is 8.24. The molecule has 4 heteroatoms. The lowest BCUT2D eigenvalue weighted by molar-refractivity contribution is -0.149. The summed E-state index contributed by atoms with van der Waals surface area (Å²) in [5, 5.41) is 12.0. The Morgan fingerprint density at radius 3 is 2.44 bits per heavy atom. The number of carbonyl (C=O) groups is 2. The van der Waals surface area contributed by atoms with Gasteiger partial charge >= 0.3 is 5.97 Å². The Morgan fingerprint density at radius 1 is 1.28 bits per heavy atom. The van der Waals surface area contributed by atoms with Crippen LogP contribution in [0.4, 0.5) is 0 Å². The molecule has 18 heavy (non-hydrogen) atoms. The zero-order valence-electron chi connectivity index (χ0n) is 11.8. The third-order valence-corrected chi connectivity index (χ3v) is 4.23. The van der Waals surface area contributed by atoms with Crippen LogP contribution in [-0.4, -0.2) is 23.0 Å². The maximum atomic E-state index is 11.9. The molecular weight excluding hydrogens is 230 g/mol. The zero-order chi connectivity index (χ0) is 13.9. The number of carboxylic acid groups (broad SMARTS) is 1. The van der Waals surface area contributed by atoms with Crippen molar-refractivity contribution in [2.24, 2.45) is 17.3 Å². The minimum Gasteiger partial charge on any atom is -0.481 e. The summed E-state index contributed by atoms with van der Waals surface area (Å²) in [5.74, 6) is 0.0169. The highest BCUT2D eigenvalue weighted by Crippen LogP contribution is 2.30. The maximum Gasteiger partial charge on any atom is 0.309 e. The monoisotopic (exact) mass is 255 g/mol. The van der Waals surface area contributed by atoms with Crippen LogP contribution in [0.25, 0.3) is 0 Å². The minimum atomic E-state index is -0.992. The molecule has 1 amide bonds. The van der Waals surface area contributed by atoms with Gasteiger partial charge in [-0.3, -0.25) is 9.59 Å². The molecular formula is C14H25NO3. The summed E-state index contributed by atoms with van der Waals surface area (Å²) in [6, 6.07) is 0.200. The van der Waals surface area contributed by atoms with Crippen LogP contribution >= 0.6 is 0 Å². The molecule has 0 spiro atoms. The molecule has 0 heterocycles. The number of carboxylic acids is 1. The van der Waals surface area contributed by atoms with Crippen LogP contribution in [0.2, 0.25) is 0 Å². The summed E-state index contributed by atoms with van der Waals surface area (Å²) in [6.45, 7) is 7.55. The van der Waals surface area contributed by atoms with Crippen LogP contribution in [0.15, 0.2) is 0 Å². The molecule has 1 fully saturated rings. The molecule has 1 rings (SSSR count). The van der Waals surface area contributed by atoms with Crippen LogP contribution in [0.1, 0.15) is 53.4 Å². The van der Waals surface area contributed by atoms with Crippen LogP contribution in [0.5, 0.6) is 0 Å². The van der Waals surface area contributed by atoms with E-state index in [1.807, 2.05) is 0 Å². The summed E-state index contributed by atoms with van der Waals surface area (Å²) in [6.07, 6.45) is 3.40. The normalized spacial score (nSPS) is 28.8. The number of carbonyl (C=O) groups excluding carboxylic acids is 1. The first kappa shape index (κ1) is 15.0. The quantitative estimate of drug-likeness (QED) is 0.810. The lowest BCUT2D eigenvalue weighted by Gasteiger charge is -2.35. The predicted octanol–water partition coefficient (Wildman–Crippen LogP) is 2.43. The van der Waals surface area contributed by atoms with Crippen molar-refractivity contribution in [3.63, 3.8) is 0 Å². The largest absolute Gasteiger partial charge is 0.481 e. The average molecular weight is 255 g/mol. The van der Waals surface area contributed by atoms with E-state index in [4.69, 9.17) is 5.11 Å². The van der Waals surface area contributed by atoms with Gasteiger partial charge in [-0.25, -0.2) is 0 Å². The lowest BCUT2D eigenvalue weighted by Crippen LogP contribution is -2.45. The number of hydrogen-bond donors (Lipinski definition) is 2. The van der Waals surface area contributed by atoms with E-state index in [-0.39, 0.29) is 18.4 Å². The van der Waals surface area contributed by atoms with E-state index in [1.165, 1.54) is 6.42 Å². The molecule has 0 saturated heterocycles. The Balaban J connectivity index is 2.52. The van der Waals surface area contributed by atoms with E-state index in [9.17, 15) is 9.59 Å². The topological polar surface area (TPSA) is 66.4 Å². The van der Waals surface area contributed by atoms with Crippen LogP contribution in [0, 0.1) is 17.3 Å². The second-order valence-electron chi connectivity index (χ2n) is 6.31. The zero-order valence-corrected chi connectivity index (χ0v) is 11.8. The van der Waals surface area contributed by atoms with Crippen LogP contribution in [0.3, 0.4) is 0 Å². The van der Waals surface area contributed by atoms with Gasteiger partial charge in [0.1, 0.15) is 0 Å². The van der Waals surface area contributed by atoms with Crippen molar-refractivity contribution in [3.05, 3.63) is 0 Å². The van der Waals surface area contributed by atoms with E-state index >= 15 is 0 Å². The van der Waals surface area contributed by atoms with E-state index in [1.54, 1.807) is 13.8 Å². The summed E-state index contributed by atoms with van der Waals surface area (Å²) in [5.41, 5.74) is -0.992. The van der Waals surface area contributed by atoms with Gasteiger partial charge in [0.05, 0.1) is 5.41 Å². The maximum absolute atomic E-state index is 11.9. The Hall–Kier alpha value is -1.06. The number of nitrogens with one attached hydrogen (secondary N) is 1. The Labute approximate surface area is 109 Å². The molecule has 0 bridgehead atoms. The average Bonchev–Trinajstić information content (AvgIpc) is 2.23. The molecule has 104 valence electrons. The standard InChI is InChI=1S/C14H25NO3/c1-9-6-5-7-11(10(9)2)15-12(16)8-14(3,4)13(17)18/h9-11H,5-8H2,1-4H3,(H,15,16)(H,17,18). The number of hydrogen-bond acceptors (Lipinski definition) is 2. The molecule has 4 nitrogen and oxygen atoms in total. The second kappa shape index (κ2) is 5.72. The molecule has 1 aliphatic rings. The molecule has 2 N–H and O–H groups in total. The van der Waals surface area contributed by atoms with Gasteiger partial charge in [-0.1, -0.05) is 26.7 Å². The van der Waals surface area contributed by atoms with E-state index in [0.29, 0.717) is 11.8 Å². The van der Waals surface area contributed by atoms with Gasteiger partial charge < -0.3 is 10.4 Å². The summed E-state index contributed by atoms with van der Waals surface area (Å²) in [7, 11) is 0. The van der Waals surface area contributed by atoms with Gasteiger partial charge in [0.15, 0.2) is 0 Å². The van der Waals surface area contributed by atoms with Gasteiger partial charge in [-0.05, 0) is 32.1 Å². The molecule has 0 aromatic heterocycles. The number of amides is 1. The van der Waals surface area contributed by atoms with Crippen molar-refractivity contribution in [3.8, 4) is 0 Å². The molecule has 1 aliphatic carbocycles. The molecule has 1 saturated carbocycles. The van der Waals surface area contributed by atoms with Gasteiger partial charge in [0.2, 0.25) is 5.91 Å². The number of rotatable bonds is 4. The summed E-state index contributed by atoms with van der Waals surface area (Å²) in [4.78, 5) is 22.9. The smallest absolute Gasteiger partial charge is 0.309 e. The second-order valence-corrected chi connectivity index (χ2v) is 6.31. The summed E-state index contributed by atoms with van der Waals surface area (Å²) >= 11 is 0. The van der Waals surface area contributed by atoms with Crippen molar-refractivity contribution in [2.75, 3.05) is 0 Å². The first-order valence-corrected chi connectivity index (χ1v) is 6.77. The molecule has 3 atom stereocenters. The van der Waals surface area contributed by atoms with E-state index in [2.05, 4.69) is 19.2 Å². The molecule has 0 aromatic carbocycles. The summed E-state index contributed by atoms with van der Waals surface area (Å²) < 4.78 is 0. The van der Waals surface area contributed by atoms with Crippen molar-refractivity contribution >= 4 is 11.9 Å². The fourth-order valence-electron chi connectivity index (χ4n) is 2.52. The third kappa shape index (κ3) is 3.72. The van der Waals surface area contributed by atoms with Gasteiger partial charge in [0, 0.05) is 12.5 Å². The van der Waals surface area contributed by atoms with Crippen LogP contribution in [-0.2, 0) is 9.59 Å². The van der Waals surface area contributed by atoms with E-state index < -0.39 is 11.4 Å².